The van der Waals surface area contributed by atoms with Crippen LogP contribution in [0.5, 0.6) is 0 Å². The number of benzene rings is 2. The standard InChI is InChI=1S/C15H13ClFNO2.C10H20N4O9/c1-9-5-6-13(10(7-9)8-14(19)20)18-15-11(16)3-2-4-12(15)17;11-10(4-1-7-21-12(15)16,5-2-8-22-13(17)18)6-3-9-23-14(19)20/h2-7,18H,8H2,1H3,(H,19,20);1-9,11H2. The molecular formula is C25H33ClFN5O11. The first kappa shape index (κ1) is 36.5. The Hall–Kier alpha value is -4.51. The topological polar surface area (TPSA) is 232 Å². The molecule has 0 saturated heterocycles. The van der Waals surface area contributed by atoms with Gasteiger partial charge in [0.15, 0.2) is 0 Å². The molecule has 0 heterocycles. The molecule has 43 heavy (non-hydrogen) atoms. The summed E-state index contributed by atoms with van der Waals surface area (Å²) in [4.78, 5) is 53.7. The number of aryl methyl sites for hydroxylation is 1. The van der Waals surface area contributed by atoms with Crippen molar-refractivity contribution in [2.45, 2.75) is 57.4 Å². The fraction of sp³-hybridized carbons (Fsp3) is 0.480. The van der Waals surface area contributed by atoms with Crippen LogP contribution in [0.1, 0.15) is 49.7 Å². The number of carboxylic acids is 1. The molecule has 0 bridgehead atoms. The van der Waals surface area contributed by atoms with Crippen molar-refractivity contribution in [3.8, 4) is 0 Å². The average molecular weight is 634 g/mol. The highest BCUT2D eigenvalue weighted by Crippen LogP contribution is 2.30. The van der Waals surface area contributed by atoms with E-state index in [1.165, 1.54) is 12.1 Å². The highest BCUT2D eigenvalue weighted by Gasteiger charge is 2.24. The third-order valence-corrected chi connectivity index (χ3v) is 6.19. The zero-order valence-electron chi connectivity index (χ0n) is 23.2. The number of hydrogen-bond donors (Lipinski definition) is 3. The predicted octanol–water partition coefficient (Wildman–Crippen LogP) is 4.81. The zero-order valence-corrected chi connectivity index (χ0v) is 24.0. The molecule has 2 aromatic rings. The van der Waals surface area contributed by atoms with E-state index >= 15 is 0 Å². The molecule has 0 unspecified atom stereocenters. The Morgan fingerprint density at radius 2 is 1.44 bits per heavy atom. The molecular weight excluding hydrogens is 601 g/mol. The number of nitrogens with zero attached hydrogens (tertiary/aromatic N) is 3. The summed E-state index contributed by atoms with van der Waals surface area (Å²) in [5.41, 5.74) is 7.57. The minimum atomic E-state index is -0.946. The third kappa shape index (κ3) is 15.9. The van der Waals surface area contributed by atoms with Crippen LogP contribution in [0.3, 0.4) is 0 Å². The van der Waals surface area contributed by atoms with Crippen molar-refractivity contribution in [3.05, 3.63) is 88.7 Å². The summed E-state index contributed by atoms with van der Waals surface area (Å²) in [7, 11) is 0. The lowest BCUT2D eigenvalue weighted by Crippen LogP contribution is -2.40. The van der Waals surface area contributed by atoms with Gasteiger partial charge in [0.2, 0.25) is 0 Å². The number of carboxylic acid groups (broad SMARTS) is 1. The van der Waals surface area contributed by atoms with E-state index in [1.807, 2.05) is 13.0 Å². The van der Waals surface area contributed by atoms with Gasteiger partial charge in [-0.25, -0.2) is 4.39 Å². The number of nitrogens with two attached hydrogens (primary N) is 1. The third-order valence-electron chi connectivity index (χ3n) is 5.87. The normalized spacial score (nSPS) is 10.6. The molecule has 238 valence electrons. The number of carbonyl (C=O) groups is 1. The largest absolute Gasteiger partial charge is 0.481 e. The van der Waals surface area contributed by atoms with Gasteiger partial charge in [0, 0.05) is 11.2 Å². The van der Waals surface area contributed by atoms with Gasteiger partial charge in [-0.2, -0.15) is 0 Å². The molecule has 0 spiro atoms. The lowest BCUT2D eigenvalue weighted by atomic mass is 9.85. The van der Waals surface area contributed by atoms with E-state index in [9.17, 15) is 39.5 Å². The molecule has 16 nitrogen and oxygen atoms in total. The van der Waals surface area contributed by atoms with Gasteiger partial charge < -0.3 is 30.7 Å². The van der Waals surface area contributed by atoms with Gasteiger partial charge in [-0.05, 0) is 69.2 Å². The van der Waals surface area contributed by atoms with Crippen molar-refractivity contribution in [2.24, 2.45) is 5.73 Å². The van der Waals surface area contributed by atoms with Gasteiger partial charge in [-0.1, -0.05) is 35.4 Å². The van der Waals surface area contributed by atoms with Gasteiger partial charge in [0.1, 0.15) is 5.82 Å². The van der Waals surface area contributed by atoms with E-state index < -0.39 is 32.6 Å². The summed E-state index contributed by atoms with van der Waals surface area (Å²) in [5, 5.41) is 39.5. The Morgan fingerprint density at radius 3 is 1.86 bits per heavy atom. The molecule has 18 heteroatoms. The van der Waals surface area contributed by atoms with Crippen molar-refractivity contribution in [1.29, 1.82) is 0 Å². The van der Waals surface area contributed by atoms with Crippen LogP contribution >= 0.6 is 11.6 Å². The van der Waals surface area contributed by atoms with Crippen LogP contribution in [-0.4, -0.2) is 51.7 Å². The van der Waals surface area contributed by atoms with Crippen LogP contribution in [-0.2, 0) is 25.7 Å². The summed E-state index contributed by atoms with van der Waals surface area (Å²) in [6.45, 7) is 1.50. The summed E-state index contributed by atoms with van der Waals surface area (Å²) in [5.74, 6) is -1.43. The summed E-state index contributed by atoms with van der Waals surface area (Å²) in [6.07, 6.45) is 1.86. The lowest BCUT2D eigenvalue weighted by molar-refractivity contribution is -0.758. The van der Waals surface area contributed by atoms with Crippen LogP contribution < -0.4 is 11.1 Å². The maximum absolute atomic E-state index is 13.7. The first-order valence-electron chi connectivity index (χ1n) is 12.9. The van der Waals surface area contributed by atoms with E-state index in [-0.39, 0.29) is 37.0 Å². The fourth-order valence-corrected chi connectivity index (χ4v) is 4.18. The quantitative estimate of drug-likeness (QED) is 0.107. The molecule has 0 amide bonds. The van der Waals surface area contributed by atoms with Gasteiger partial charge >= 0.3 is 5.97 Å². The second kappa shape index (κ2) is 18.8. The van der Waals surface area contributed by atoms with E-state index in [1.54, 1.807) is 18.2 Å². The van der Waals surface area contributed by atoms with E-state index in [4.69, 9.17) is 22.4 Å². The van der Waals surface area contributed by atoms with E-state index in [2.05, 4.69) is 19.8 Å². The van der Waals surface area contributed by atoms with Crippen LogP contribution in [0.4, 0.5) is 15.8 Å². The summed E-state index contributed by atoms with van der Waals surface area (Å²) < 4.78 is 13.7. The van der Waals surface area contributed by atoms with Crippen LogP contribution in [0.15, 0.2) is 36.4 Å². The molecule has 2 aromatic carbocycles. The van der Waals surface area contributed by atoms with Crippen LogP contribution in [0.2, 0.25) is 5.02 Å². The molecule has 0 aliphatic rings. The fourth-order valence-electron chi connectivity index (χ4n) is 3.97. The van der Waals surface area contributed by atoms with E-state index in [0.717, 1.165) is 5.56 Å². The lowest BCUT2D eigenvalue weighted by Gasteiger charge is -2.29. The average Bonchev–Trinajstić information content (AvgIpc) is 2.90. The van der Waals surface area contributed by atoms with Gasteiger partial charge in [0.25, 0.3) is 15.3 Å². The SMILES string of the molecule is Cc1ccc(Nc2c(F)cccc2Cl)c(CC(=O)O)c1.NC(CCCO[N+](=O)[O-])(CCCO[N+](=O)[O-])CCCO[N+](=O)[O-]. The monoisotopic (exact) mass is 633 g/mol. The molecule has 0 aromatic heterocycles. The van der Waals surface area contributed by atoms with Gasteiger partial charge in [-0.3, -0.25) is 4.79 Å². The second-order valence-corrected chi connectivity index (χ2v) is 9.70. The van der Waals surface area contributed by atoms with Crippen molar-refractivity contribution in [1.82, 2.24) is 0 Å². The Balaban J connectivity index is 0.000000433. The highest BCUT2D eigenvalue weighted by atomic mass is 35.5. The summed E-state index contributed by atoms with van der Waals surface area (Å²) in [6, 6.07) is 9.66. The zero-order chi connectivity index (χ0) is 32.4. The van der Waals surface area contributed by atoms with Crippen molar-refractivity contribution in [2.75, 3.05) is 25.1 Å². The highest BCUT2D eigenvalue weighted by molar-refractivity contribution is 6.33. The molecule has 0 aliphatic heterocycles. The number of hydrogen-bond acceptors (Lipinski definition) is 12. The first-order chi connectivity index (χ1) is 20.2. The second-order valence-electron chi connectivity index (χ2n) is 9.30. The van der Waals surface area contributed by atoms with Crippen molar-refractivity contribution < 1.29 is 44.1 Å². The summed E-state index contributed by atoms with van der Waals surface area (Å²) >= 11 is 5.95. The Bertz CT molecular complexity index is 1160. The number of nitrogens with one attached hydrogen (secondary N) is 1. The number of halogens is 2. The minimum Gasteiger partial charge on any atom is -0.481 e. The minimum absolute atomic E-state index is 0.122. The first-order valence-corrected chi connectivity index (χ1v) is 13.2. The number of rotatable bonds is 19. The molecule has 0 atom stereocenters. The number of aliphatic carboxylic acids is 1. The van der Waals surface area contributed by atoms with Crippen LogP contribution in [0.25, 0.3) is 0 Å². The predicted molar refractivity (Wildman–Crippen MR) is 151 cm³/mol. The smallest absolute Gasteiger partial charge is 0.307 e. The molecule has 2 rings (SSSR count). The Labute approximate surface area is 250 Å². The maximum Gasteiger partial charge on any atom is 0.307 e. The van der Waals surface area contributed by atoms with Crippen LogP contribution in [0, 0.1) is 43.1 Å². The van der Waals surface area contributed by atoms with Crippen molar-refractivity contribution in [3.63, 3.8) is 0 Å². The Morgan fingerprint density at radius 1 is 0.953 bits per heavy atom. The number of anilines is 2. The van der Waals surface area contributed by atoms with E-state index in [0.29, 0.717) is 49.8 Å². The number of para-hydroxylation sites is 1. The van der Waals surface area contributed by atoms with Gasteiger partial charge in [0.05, 0.1) is 37.0 Å². The molecule has 0 saturated carbocycles. The maximum atomic E-state index is 13.7. The van der Waals surface area contributed by atoms with Gasteiger partial charge in [-0.15, -0.1) is 30.3 Å². The molecule has 0 fully saturated rings. The molecule has 0 radical (unpaired) electrons. The Kier molecular flexibility index (Phi) is 16.0. The van der Waals surface area contributed by atoms with Crippen molar-refractivity contribution >= 4 is 28.9 Å². The molecule has 0 aliphatic carbocycles. The molecule has 4 N–H and O–H groups in total.